The summed E-state index contributed by atoms with van der Waals surface area (Å²) in [7, 11) is 0. The molecule has 0 radical (unpaired) electrons. The van der Waals surface area contributed by atoms with Gasteiger partial charge in [0.05, 0.1) is 11.3 Å². The lowest BCUT2D eigenvalue weighted by Crippen LogP contribution is -2.38. The third kappa shape index (κ3) is 2.97. The molecule has 7 nitrogen and oxygen atoms in total. The second-order valence-corrected chi connectivity index (χ2v) is 5.42. The van der Waals surface area contributed by atoms with Crippen LogP contribution < -0.4 is 15.4 Å². The molecule has 0 bridgehead atoms. The Labute approximate surface area is 121 Å². The fraction of sp³-hybridized carbons (Fsp3) is 0.500. The molecule has 2 aliphatic rings. The van der Waals surface area contributed by atoms with E-state index in [1.54, 1.807) is 6.07 Å². The van der Waals surface area contributed by atoms with Crippen molar-refractivity contribution in [1.29, 1.82) is 0 Å². The number of carbonyl (C=O) groups excluding carboxylic acids is 1. The Morgan fingerprint density at radius 2 is 2.24 bits per heavy atom. The molecule has 0 saturated carbocycles. The standard InChI is InChI=1S/C14H17N3O4/c18-14-6-9-5-12(17(19)20)13(7-11(9)16-14)21-8-10-3-1-2-4-15-10/h5,7,10,15H,1-4,6,8H2,(H,16,18). The number of hydrogen-bond acceptors (Lipinski definition) is 5. The normalized spacial score (nSPS) is 20.8. The lowest BCUT2D eigenvalue weighted by Gasteiger charge is -2.23. The van der Waals surface area contributed by atoms with Crippen LogP contribution >= 0.6 is 0 Å². The van der Waals surface area contributed by atoms with Crippen LogP contribution in [0.1, 0.15) is 24.8 Å². The minimum Gasteiger partial charge on any atom is -0.485 e. The van der Waals surface area contributed by atoms with E-state index in [2.05, 4.69) is 10.6 Å². The molecule has 1 amide bonds. The Morgan fingerprint density at radius 3 is 2.95 bits per heavy atom. The molecule has 2 N–H and O–H groups in total. The predicted molar refractivity (Wildman–Crippen MR) is 76.6 cm³/mol. The minimum atomic E-state index is -0.466. The molecule has 1 aromatic carbocycles. The molecule has 112 valence electrons. The van der Waals surface area contributed by atoms with E-state index < -0.39 is 4.92 Å². The van der Waals surface area contributed by atoms with Crippen LogP contribution in [-0.4, -0.2) is 30.0 Å². The molecular formula is C14H17N3O4. The monoisotopic (exact) mass is 291 g/mol. The molecule has 2 aliphatic heterocycles. The van der Waals surface area contributed by atoms with Gasteiger partial charge >= 0.3 is 5.69 Å². The SMILES string of the molecule is O=C1Cc2cc([N+](=O)[O-])c(OCC3CCCCN3)cc2N1. The molecule has 0 aromatic heterocycles. The minimum absolute atomic E-state index is 0.0824. The van der Waals surface area contributed by atoms with E-state index >= 15 is 0 Å². The first-order valence-corrected chi connectivity index (χ1v) is 7.11. The number of nitrogens with zero attached hydrogens (tertiary/aromatic N) is 1. The van der Waals surface area contributed by atoms with Gasteiger partial charge in [0, 0.05) is 23.9 Å². The van der Waals surface area contributed by atoms with Gasteiger partial charge in [0.2, 0.25) is 5.91 Å². The van der Waals surface area contributed by atoms with Crippen LogP contribution in [0, 0.1) is 10.1 Å². The van der Waals surface area contributed by atoms with Gasteiger partial charge in [-0.2, -0.15) is 0 Å². The van der Waals surface area contributed by atoms with Gasteiger partial charge in [0.25, 0.3) is 0 Å². The van der Waals surface area contributed by atoms with E-state index in [0.717, 1.165) is 25.8 Å². The largest absolute Gasteiger partial charge is 0.485 e. The molecule has 0 aliphatic carbocycles. The topological polar surface area (TPSA) is 93.5 Å². The van der Waals surface area contributed by atoms with E-state index in [0.29, 0.717) is 17.9 Å². The Kier molecular flexibility index (Phi) is 3.74. The molecule has 3 rings (SSSR count). The maximum Gasteiger partial charge on any atom is 0.311 e. The van der Waals surface area contributed by atoms with Crippen molar-refractivity contribution < 1.29 is 14.5 Å². The van der Waals surface area contributed by atoms with Gasteiger partial charge in [0.15, 0.2) is 5.75 Å². The van der Waals surface area contributed by atoms with Gasteiger partial charge in [-0.1, -0.05) is 6.42 Å². The van der Waals surface area contributed by atoms with Crippen molar-refractivity contribution in [3.05, 3.63) is 27.8 Å². The van der Waals surface area contributed by atoms with Crippen LogP contribution in [0.25, 0.3) is 0 Å². The van der Waals surface area contributed by atoms with Crippen molar-refractivity contribution in [2.45, 2.75) is 31.7 Å². The number of nitro benzene ring substituents is 1. The van der Waals surface area contributed by atoms with Crippen molar-refractivity contribution >= 4 is 17.3 Å². The van der Waals surface area contributed by atoms with E-state index in [1.807, 2.05) is 0 Å². The average molecular weight is 291 g/mol. The second kappa shape index (κ2) is 5.69. The molecule has 1 atom stereocenters. The molecule has 1 saturated heterocycles. The summed E-state index contributed by atoms with van der Waals surface area (Å²) in [5.74, 6) is 0.0683. The van der Waals surface area contributed by atoms with Gasteiger partial charge in [0.1, 0.15) is 6.61 Å². The molecule has 2 heterocycles. The van der Waals surface area contributed by atoms with Crippen molar-refractivity contribution in [3.63, 3.8) is 0 Å². The average Bonchev–Trinajstić information content (AvgIpc) is 2.84. The number of ether oxygens (including phenoxy) is 1. The first kappa shape index (κ1) is 13.8. The first-order valence-electron chi connectivity index (χ1n) is 7.11. The van der Waals surface area contributed by atoms with Crippen LogP contribution in [-0.2, 0) is 11.2 Å². The summed E-state index contributed by atoms with van der Waals surface area (Å²) in [6.07, 6.45) is 3.49. The summed E-state index contributed by atoms with van der Waals surface area (Å²) in [5.41, 5.74) is 1.17. The fourth-order valence-electron chi connectivity index (χ4n) is 2.76. The molecule has 7 heteroatoms. The molecule has 1 unspecified atom stereocenters. The van der Waals surface area contributed by atoms with Crippen LogP contribution in [0.3, 0.4) is 0 Å². The first-order chi connectivity index (χ1) is 10.1. The highest BCUT2D eigenvalue weighted by Crippen LogP contribution is 2.36. The highest BCUT2D eigenvalue weighted by molar-refractivity contribution is 5.99. The summed E-state index contributed by atoms with van der Waals surface area (Å²) in [6, 6.07) is 3.21. The number of nitro groups is 1. The number of hydrogen-bond donors (Lipinski definition) is 2. The van der Waals surface area contributed by atoms with E-state index in [1.165, 1.54) is 6.07 Å². The van der Waals surface area contributed by atoms with Crippen molar-refractivity contribution in [3.8, 4) is 5.75 Å². The zero-order chi connectivity index (χ0) is 14.8. The summed E-state index contributed by atoms with van der Waals surface area (Å²) in [4.78, 5) is 22.1. The van der Waals surface area contributed by atoms with E-state index in [9.17, 15) is 14.9 Å². The van der Waals surface area contributed by atoms with Gasteiger partial charge < -0.3 is 15.4 Å². The van der Waals surface area contributed by atoms with Crippen molar-refractivity contribution in [1.82, 2.24) is 5.32 Å². The third-order valence-electron chi connectivity index (χ3n) is 3.86. The lowest BCUT2D eigenvalue weighted by molar-refractivity contribution is -0.385. The van der Waals surface area contributed by atoms with Crippen molar-refractivity contribution in [2.75, 3.05) is 18.5 Å². The number of piperidine rings is 1. The third-order valence-corrected chi connectivity index (χ3v) is 3.86. The number of anilines is 1. The number of nitrogens with one attached hydrogen (secondary N) is 2. The Bertz CT molecular complexity index is 582. The van der Waals surface area contributed by atoms with E-state index in [-0.39, 0.29) is 29.8 Å². The molecule has 0 spiro atoms. The Hall–Kier alpha value is -2.15. The van der Waals surface area contributed by atoms with Crippen molar-refractivity contribution in [2.24, 2.45) is 0 Å². The molecular weight excluding hydrogens is 274 g/mol. The fourth-order valence-corrected chi connectivity index (χ4v) is 2.76. The number of carbonyl (C=O) groups is 1. The highest BCUT2D eigenvalue weighted by Gasteiger charge is 2.26. The van der Waals surface area contributed by atoms with Crippen LogP contribution in [0.15, 0.2) is 12.1 Å². The number of benzene rings is 1. The van der Waals surface area contributed by atoms with Gasteiger partial charge in [-0.3, -0.25) is 14.9 Å². The smallest absolute Gasteiger partial charge is 0.311 e. The predicted octanol–water partition coefficient (Wildman–Crippen LogP) is 1.61. The summed E-state index contributed by atoms with van der Waals surface area (Å²) in [5, 5.41) is 17.2. The maximum atomic E-state index is 11.4. The maximum absolute atomic E-state index is 11.4. The van der Waals surface area contributed by atoms with Crippen LogP contribution in [0.5, 0.6) is 5.75 Å². The van der Waals surface area contributed by atoms with E-state index in [4.69, 9.17) is 4.74 Å². The van der Waals surface area contributed by atoms with Crippen LogP contribution in [0.4, 0.5) is 11.4 Å². The second-order valence-electron chi connectivity index (χ2n) is 5.42. The zero-order valence-corrected chi connectivity index (χ0v) is 11.6. The van der Waals surface area contributed by atoms with Gasteiger partial charge in [-0.25, -0.2) is 0 Å². The number of rotatable bonds is 4. The zero-order valence-electron chi connectivity index (χ0n) is 11.6. The van der Waals surface area contributed by atoms with Gasteiger partial charge in [-0.15, -0.1) is 0 Å². The summed E-state index contributed by atoms with van der Waals surface area (Å²) in [6.45, 7) is 1.35. The quantitative estimate of drug-likeness (QED) is 0.649. The lowest BCUT2D eigenvalue weighted by atomic mass is 10.1. The highest BCUT2D eigenvalue weighted by atomic mass is 16.6. The molecule has 1 fully saturated rings. The number of amides is 1. The Balaban J connectivity index is 1.78. The van der Waals surface area contributed by atoms with Crippen LogP contribution in [0.2, 0.25) is 0 Å². The summed E-state index contributed by atoms with van der Waals surface area (Å²) >= 11 is 0. The molecule has 1 aromatic rings. The molecule has 21 heavy (non-hydrogen) atoms. The number of fused-ring (bicyclic) bond motifs is 1. The summed E-state index contributed by atoms with van der Waals surface area (Å²) < 4.78 is 5.64. The Morgan fingerprint density at radius 1 is 1.38 bits per heavy atom. The van der Waals surface area contributed by atoms with Gasteiger partial charge in [-0.05, 0) is 24.9 Å².